The Labute approximate surface area is 60.0 Å². The van der Waals surface area contributed by atoms with Crippen LogP contribution in [0, 0.1) is 0 Å². The minimum atomic E-state index is 0.486. The SMILES string of the molecule is O=C=NCC1=CCCC=C1. The molecule has 10 heavy (non-hydrogen) atoms. The van der Waals surface area contributed by atoms with Gasteiger partial charge in [0.25, 0.3) is 0 Å². The van der Waals surface area contributed by atoms with Crippen molar-refractivity contribution in [3.63, 3.8) is 0 Å². The standard InChI is InChI=1S/C8H9NO/c10-7-9-6-8-4-2-1-3-5-8/h2,4-5H,1,3,6H2. The van der Waals surface area contributed by atoms with E-state index in [4.69, 9.17) is 0 Å². The van der Waals surface area contributed by atoms with Gasteiger partial charge in [-0.1, -0.05) is 18.2 Å². The Morgan fingerprint density at radius 1 is 1.60 bits per heavy atom. The Balaban J connectivity index is 2.47. The van der Waals surface area contributed by atoms with Gasteiger partial charge in [-0.25, -0.2) is 9.79 Å². The molecule has 0 aromatic rings. The summed E-state index contributed by atoms with van der Waals surface area (Å²) in [6.45, 7) is 0.486. The molecule has 0 unspecified atom stereocenters. The molecule has 52 valence electrons. The van der Waals surface area contributed by atoms with Gasteiger partial charge in [-0.2, -0.15) is 0 Å². The molecule has 0 atom stereocenters. The van der Waals surface area contributed by atoms with Crippen LogP contribution in [0.25, 0.3) is 0 Å². The van der Waals surface area contributed by atoms with Crippen LogP contribution in [0.1, 0.15) is 12.8 Å². The van der Waals surface area contributed by atoms with E-state index in [2.05, 4.69) is 17.1 Å². The molecule has 1 rings (SSSR count). The molecule has 2 nitrogen and oxygen atoms in total. The minimum absolute atomic E-state index is 0.486. The highest BCUT2D eigenvalue weighted by atomic mass is 16.1. The number of hydrogen-bond acceptors (Lipinski definition) is 2. The van der Waals surface area contributed by atoms with Crippen LogP contribution in [0.15, 0.2) is 28.8 Å². The van der Waals surface area contributed by atoms with Gasteiger partial charge >= 0.3 is 0 Å². The summed E-state index contributed by atoms with van der Waals surface area (Å²) in [7, 11) is 0. The van der Waals surface area contributed by atoms with E-state index >= 15 is 0 Å². The molecule has 0 spiro atoms. The molecule has 1 aliphatic rings. The van der Waals surface area contributed by atoms with E-state index in [9.17, 15) is 4.79 Å². The van der Waals surface area contributed by atoms with Gasteiger partial charge in [-0.15, -0.1) is 0 Å². The second-order valence-electron chi connectivity index (χ2n) is 2.17. The highest BCUT2D eigenvalue weighted by Gasteiger charge is 1.93. The van der Waals surface area contributed by atoms with E-state index in [1.54, 1.807) is 0 Å². The lowest BCUT2D eigenvalue weighted by Crippen LogP contribution is -1.88. The van der Waals surface area contributed by atoms with Gasteiger partial charge < -0.3 is 0 Å². The molecule has 0 saturated heterocycles. The van der Waals surface area contributed by atoms with E-state index in [1.807, 2.05) is 6.08 Å². The molecule has 0 amide bonds. The molecule has 0 fully saturated rings. The van der Waals surface area contributed by atoms with Crippen LogP contribution < -0.4 is 0 Å². The Morgan fingerprint density at radius 2 is 2.50 bits per heavy atom. The van der Waals surface area contributed by atoms with Gasteiger partial charge in [0.05, 0.1) is 6.54 Å². The summed E-state index contributed by atoms with van der Waals surface area (Å²) in [6, 6.07) is 0. The zero-order chi connectivity index (χ0) is 7.23. The summed E-state index contributed by atoms with van der Waals surface area (Å²) in [5.41, 5.74) is 1.12. The van der Waals surface area contributed by atoms with Crippen molar-refractivity contribution >= 4 is 6.08 Å². The highest BCUT2D eigenvalue weighted by Crippen LogP contribution is 2.08. The number of hydrogen-bond donors (Lipinski definition) is 0. The number of allylic oxidation sites excluding steroid dienone is 2. The molecule has 0 aliphatic heterocycles. The molecule has 0 aromatic heterocycles. The average Bonchev–Trinajstić information content (AvgIpc) is 2.03. The Hall–Kier alpha value is -1.14. The van der Waals surface area contributed by atoms with E-state index in [0.717, 1.165) is 18.4 Å². The molecule has 0 aromatic carbocycles. The van der Waals surface area contributed by atoms with Crippen molar-refractivity contribution < 1.29 is 4.79 Å². The van der Waals surface area contributed by atoms with Crippen LogP contribution in [0.2, 0.25) is 0 Å². The largest absolute Gasteiger partial charge is 0.235 e. The van der Waals surface area contributed by atoms with Gasteiger partial charge in [-0.3, -0.25) is 0 Å². The lowest BCUT2D eigenvalue weighted by atomic mass is 10.1. The van der Waals surface area contributed by atoms with Crippen molar-refractivity contribution in [1.82, 2.24) is 0 Å². The van der Waals surface area contributed by atoms with E-state index < -0.39 is 0 Å². The molecule has 0 bridgehead atoms. The molecular weight excluding hydrogens is 126 g/mol. The maximum absolute atomic E-state index is 9.70. The fraction of sp³-hybridized carbons (Fsp3) is 0.375. The Bertz CT molecular complexity index is 209. The fourth-order valence-corrected chi connectivity index (χ4v) is 0.909. The molecule has 0 saturated carbocycles. The van der Waals surface area contributed by atoms with Gasteiger partial charge in [0.2, 0.25) is 6.08 Å². The molecule has 1 aliphatic carbocycles. The van der Waals surface area contributed by atoms with Crippen LogP contribution in [0.5, 0.6) is 0 Å². The molecule has 2 heteroatoms. The second kappa shape index (κ2) is 3.80. The van der Waals surface area contributed by atoms with Crippen molar-refractivity contribution in [1.29, 1.82) is 0 Å². The van der Waals surface area contributed by atoms with Crippen molar-refractivity contribution in [2.75, 3.05) is 6.54 Å². The summed E-state index contributed by atoms with van der Waals surface area (Å²) in [5, 5.41) is 0. The lowest BCUT2D eigenvalue weighted by Gasteiger charge is -2.00. The second-order valence-corrected chi connectivity index (χ2v) is 2.17. The van der Waals surface area contributed by atoms with Gasteiger partial charge in [0.15, 0.2) is 0 Å². The van der Waals surface area contributed by atoms with Crippen LogP contribution in [-0.4, -0.2) is 12.6 Å². The Kier molecular flexibility index (Phi) is 2.65. The van der Waals surface area contributed by atoms with Crippen molar-refractivity contribution in [2.45, 2.75) is 12.8 Å². The van der Waals surface area contributed by atoms with E-state index in [-0.39, 0.29) is 0 Å². The quantitative estimate of drug-likeness (QED) is 0.417. The highest BCUT2D eigenvalue weighted by molar-refractivity contribution is 5.35. The normalized spacial score (nSPS) is 15.8. The molecular formula is C8H9NO. The van der Waals surface area contributed by atoms with Gasteiger partial charge in [0.1, 0.15) is 0 Å². The van der Waals surface area contributed by atoms with Gasteiger partial charge in [0, 0.05) is 0 Å². The number of nitrogens with zero attached hydrogens (tertiary/aromatic N) is 1. The van der Waals surface area contributed by atoms with Crippen LogP contribution >= 0.6 is 0 Å². The zero-order valence-electron chi connectivity index (χ0n) is 5.71. The first-order valence-corrected chi connectivity index (χ1v) is 3.32. The molecule has 0 heterocycles. The van der Waals surface area contributed by atoms with Gasteiger partial charge in [-0.05, 0) is 18.4 Å². The Morgan fingerprint density at radius 3 is 3.10 bits per heavy atom. The molecule has 0 radical (unpaired) electrons. The monoisotopic (exact) mass is 135 g/mol. The maximum atomic E-state index is 9.70. The van der Waals surface area contributed by atoms with Crippen molar-refractivity contribution in [3.05, 3.63) is 23.8 Å². The lowest BCUT2D eigenvalue weighted by molar-refractivity contribution is 0.563. The summed E-state index contributed by atoms with van der Waals surface area (Å²) in [5.74, 6) is 0. The first kappa shape index (κ1) is 6.97. The van der Waals surface area contributed by atoms with Crippen LogP contribution in [-0.2, 0) is 4.79 Å². The minimum Gasteiger partial charge on any atom is -0.211 e. The van der Waals surface area contributed by atoms with Crippen LogP contribution in [0.3, 0.4) is 0 Å². The third kappa shape index (κ3) is 2.00. The number of isocyanates is 1. The third-order valence-corrected chi connectivity index (χ3v) is 1.40. The maximum Gasteiger partial charge on any atom is 0.235 e. The third-order valence-electron chi connectivity index (χ3n) is 1.40. The summed E-state index contributed by atoms with van der Waals surface area (Å²) < 4.78 is 0. The number of rotatable bonds is 2. The smallest absolute Gasteiger partial charge is 0.211 e. The van der Waals surface area contributed by atoms with E-state index in [0.29, 0.717) is 6.54 Å². The summed E-state index contributed by atoms with van der Waals surface area (Å²) in [6.07, 6.45) is 9.89. The predicted molar refractivity (Wildman–Crippen MR) is 39.4 cm³/mol. The average molecular weight is 135 g/mol. The zero-order valence-corrected chi connectivity index (χ0v) is 5.71. The summed E-state index contributed by atoms with van der Waals surface area (Å²) >= 11 is 0. The first-order valence-electron chi connectivity index (χ1n) is 3.32. The number of carbonyl (C=O) groups excluding carboxylic acids is 1. The molecule has 0 N–H and O–H groups in total. The van der Waals surface area contributed by atoms with Crippen molar-refractivity contribution in [3.8, 4) is 0 Å². The summed E-state index contributed by atoms with van der Waals surface area (Å²) in [4.78, 5) is 13.2. The predicted octanol–water partition coefficient (Wildman–Crippen LogP) is 1.60. The fourth-order valence-electron chi connectivity index (χ4n) is 0.909. The van der Waals surface area contributed by atoms with Crippen molar-refractivity contribution in [2.24, 2.45) is 4.99 Å². The first-order chi connectivity index (χ1) is 4.93. The number of aliphatic imine (C=N–C) groups is 1. The van der Waals surface area contributed by atoms with E-state index in [1.165, 1.54) is 6.08 Å². The topological polar surface area (TPSA) is 29.4 Å². The van der Waals surface area contributed by atoms with Crippen LogP contribution in [0.4, 0.5) is 0 Å².